The molecule has 1 nitrogen and oxygen atoms in total. The maximum atomic E-state index is 4.83. The number of hydrogen-bond acceptors (Lipinski definition) is 2. The fraction of sp³-hybridized carbons (Fsp3) is 0.200. The fourth-order valence-electron chi connectivity index (χ4n) is 0.365. The Hall–Kier alpha value is -0.370. The minimum absolute atomic E-state index is 0.708. The van der Waals surface area contributed by atoms with Crippen molar-refractivity contribution in [1.29, 1.82) is 0 Å². The topological polar surface area (TPSA) is 13.1 Å². The molecule has 38 valence electrons. The second-order valence-corrected chi connectivity index (χ2v) is 1.81. The molecule has 0 atom stereocenters. The van der Waals surface area contributed by atoms with Crippen molar-refractivity contribution in [3.63, 3.8) is 0 Å². The van der Waals surface area contributed by atoms with Crippen LogP contribution in [-0.2, 0) is 0 Å². The fourth-order valence-corrected chi connectivity index (χ4v) is 0.500. The molecule has 1 rings (SSSR count). The Labute approximate surface area is 47.7 Å². The van der Waals surface area contributed by atoms with Crippen LogP contribution in [0.3, 0.4) is 0 Å². The lowest BCUT2D eigenvalue weighted by Gasteiger charge is -1.77. The molecule has 0 saturated carbocycles. The predicted molar refractivity (Wildman–Crippen MR) is 30.7 cm³/mol. The average molecular weight is 114 g/mol. The van der Waals surface area contributed by atoms with E-state index in [9.17, 15) is 0 Å². The average Bonchev–Trinajstić information content (AvgIpc) is 1.91. The van der Waals surface area contributed by atoms with Crippen LogP contribution >= 0.6 is 12.6 Å². The van der Waals surface area contributed by atoms with Gasteiger partial charge in [-0.1, -0.05) is 0 Å². The van der Waals surface area contributed by atoms with Crippen molar-refractivity contribution in [2.24, 2.45) is 0 Å². The largest absolute Gasteiger partial charge is 0.458 e. The van der Waals surface area contributed by atoms with Crippen molar-refractivity contribution in [3.8, 4) is 0 Å². The molecule has 2 heteroatoms. The Kier molecular flexibility index (Phi) is 1.11. The minimum Gasteiger partial charge on any atom is -0.458 e. The second kappa shape index (κ2) is 1.62. The molecule has 0 saturated heterocycles. The number of furan rings is 1. The predicted octanol–water partition coefficient (Wildman–Crippen LogP) is 1.88. The number of thiol groups is 1. The molecule has 0 aliphatic carbocycles. The van der Waals surface area contributed by atoms with Gasteiger partial charge in [-0.3, -0.25) is 0 Å². The molecule has 1 heterocycles. The summed E-state index contributed by atoms with van der Waals surface area (Å²) < 4.78 is 4.83. The Morgan fingerprint density at radius 1 is 1.71 bits per heavy atom. The highest BCUT2D eigenvalue weighted by molar-refractivity contribution is 7.80. The van der Waals surface area contributed by atoms with E-state index in [4.69, 9.17) is 4.42 Å². The van der Waals surface area contributed by atoms with Crippen molar-refractivity contribution in [2.45, 2.75) is 12.0 Å². The monoisotopic (exact) mass is 114 g/mol. The third-order valence-corrected chi connectivity index (χ3v) is 1.29. The molecule has 7 heavy (non-hydrogen) atoms. The van der Waals surface area contributed by atoms with Gasteiger partial charge in [0.2, 0.25) is 0 Å². The number of aryl methyl sites for hydroxylation is 1. The maximum Gasteiger partial charge on any atom is 0.159 e. The summed E-state index contributed by atoms with van der Waals surface area (Å²) in [6.07, 6.45) is 1.62. The molecule has 0 unspecified atom stereocenters. The van der Waals surface area contributed by atoms with E-state index in [2.05, 4.69) is 12.6 Å². The van der Waals surface area contributed by atoms with Crippen molar-refractivity contribution < 1.29 is 4.42 Å². The van der Waals surface area contributed by atoms with Gasteiger partial charge in [-0.15, -0.1) is 12.6 Å². The van der Waals surface area contributed by atoms with Crippen LogP contribution in [0.1, 0.15) is 5.56 Å². The van der Waals surface area contributed by atoms with Crippen molar-refractivity contribution >= 4 is 12.6 Å². The maximum absolute atomic E-state index is 4.83. The van der Waals surface area contributed by atoms with Crippen LogP contribution in [0.5, 0.6) is 0 Å². The Bertz CT molecular complexity index is 140. The van der Waals surface area contributed by atoms with Crippen molar-refractivity contribution in [1.82, 2.24) is 0 Å². The second-order valence-electron chi connectivity index (χ2n) is 1.41. The first-order valence-corrected chi connectivity index (χ1v) is 2.48. The summed E-state index contributed by atoms with van der Waals surface area (Å²) in [5, 5.41) is 0.708. The molecular formula is C5H6OS. The summed E-state index contributed by atoms with van der Waals surface area (Å²) in [6, 6.07) is 1.88. The zero-order valence-electron chi connectivity index (χ0n) is 4.01. The lowest BCUT2D eigenvalue weighted by molar-refractivity contribution is 0.473. The normalized spacial score (nSPS) is 9.43. The number of rotatable bonds is 0. The van der Waals surface area contributed by atoms with E-state index in [1.165, 1.54) is 0 Å². The summed E-state index contributed by atoms with van der Waals surface area (Å²) in [6.45, 7) is 1.95. The summed E-state index contributed by atoms with van der Waals surface area (Å²) >= 11 is 3.98. The van der Waals surface area contributed by atoms with E-state index >= 15 is 0 Å². The summed E-state index contributed by atoms with van der Waals surface area (Å²) in [5.74, 6) is 0. The summed E-state index contributed by atoms with van der Waals surface area (Å²) in [7, 11) is 0. The first-order chi connectivity index (χ1) is 3.30. The van der Waals surface area contributed by atoms with Gasteiger partial charge in [-0.2, -0.15) is 0 Å². The lowest BCUT2D eigenvalue weighted by atomic mass is 10.4. The van der Waals surface area contributed by atoms with Crippen LogP contribution in [0.4, 0.5) is 0 Å². The lowest BCUT2D eigenvalue weighted by Crippen LogP contribution is -1.57. The van der Waals surface area contributed by atoms with Gasteiger partial charge in [0.05, 0.1) is 6.26 Å². The van der Waals surface area contributed by atoms with Crippen LogP contribution < -0.4 is 0 Å². The standard InChI is InChI=1S/C5H6OS/c1-4-2-3-6-5(4)7/h2-3,7H,1H3. The van der Waals surface area contributed by atoms with Crippen molar-refractivity contribution in [2.75, 3.05) is 0 Å². The van der Waals surface area contributed by atoms with Crippen LogP contribution in [0.15, 0.2) is 21.8 Å². The van der Waals surface area contributed by atoms with E-state index in [1.807, 2.05) is 13.0 Å². The summed E-state index contributed by atoms with van der Waals surface area (Å²) in [5.41, 5.74) is 1.09. The van der Waals surface area contributed by atoms with Gasteiger partial charge in [0.15, 0.2) is 5.09 Å². The van der Waals surface area contributed by atoms with E-state index in [0.29, 0.717) is 5.09 Å². The van der Waals surface area contributed by atoms with Crippen LogP contribution in [0.2, 0.25) is 0 Å². The highest BCUT2D eigenvalue weighted by Gasteiger charge is 1.90. The Balaban J connectivity index is 3.12. The van der Waals surface area contributed by atoms with Gasteiger partial charge in [0.25, 0.3) is 0 Å². The minimum atomic E-state index is 0.708. The molecule has 0 N–H and O–H groups in total. The van der Waals surface area contributed by atoms with Crippen LogP contribution in [0.25, 0.3) is 0 Å². The van der Waals surface area contributed by atoms with Gasteiger partial charge >= 0.3 is 0 Å². The molecule has 0 spiro atoms. The van der Waals surface area contributed by atoms with Gasteiger partial charge in [0.1, 0.15) is 0 Å². The Morgan fingerprint density at radius 3 is 2.57 bits per heavy atom. The quantitative estimate of drug-likeness (QED) is 0.508. The molecule has 0 aromatic carbocycles. The number of hydrogen-bond donors (Lipinski definition) is 1. The molecule has 0 aliphatic heterocycles. The molecule has 0 radical (unpaired) electrons. The molecule has 0 bridgehead atoms. The van der Waals surface area contributed by atoms with E-state index in [0.717, 1.165) is 5.56 Å². The third-order valence-electron chi connectivity index (χ3n) is 0.835. The third kappa shape index (κ3) is 0.800. The van der Waals surface area contributed by atoms with Crippen LogP contribution in [0, 0.1) is 6.92 Å². The molecule has 0 amide bonds. The zero-order valence-corrected chi connectivity index (χ0v) is 4.90. The van der Waals surface area contributed by atoms with Gasteiger partial charge in [0, 0.05) is 5.56 Å². The molecule has 1 aromatic rings. The van der Waals surface area contributed by atoms with Crippen LogP contribution in [-0.4, -0.2) is 0 Å². The molecular weight excluding hydrogens is 108 g/mol. The van der Waals surface area contributed by atoms with E-state index in [1.54, 1.807) is 6.26 Å². The highest BCUT2D eigenvalue weighted by Crippen LogP contribution is 2.11. The van der Waals surface area contributed by atoms with Gasteiger partial charge < -0.3 is 4.42 Å². The Morgan fingerprint density at radius 2 is 2.43 bits per heavy atom. The molecule has 1 aromatic heterocycles. The van der Waals surface area contributed by atoms with Gasteiger partial charge in [-0.05, 0) is 13.0 Å². The van der Waals surface area contributed by atoms with Crippen molar-refractivity contribution in [3.05, 3.63) is 17.9 Å². The SMILES string of the molecule is Cc1ccoc1S. The molecule has 0 aliphatic rings. The first-order valence-electron chi connectivity index (χ1n) is 2.04. The summed E-state index contributed by atoms with van der Waals surface area (Å²) in [4.78, 5) is 0. The first kappa shape index (κ1) is 4.78. The van der Waals surface area contributed by atoms with E-state index < -0.39 is 0 Å². The smallest absolute Gasteiger partial charge is 0.159 e. The van der Waals surface area contributed by atoms with E-state index in [-0.39, 0.29) is 0 Å². The molecule has 0 fully saturated rings. The van der Waals surface area contributed by atoms with Gasteiger partial charge in [-0.25, -0.2) is 0 Å². The zero-order chi connectivity index (χ0) is 5.28. The highest BCUT2D eigenvalue weighted by atomic mass is 32.1.